The second kappa shape index (κ2) is 14.2. The molecule has 0 aromatic heterocycles. The zero-order chi connectivity index (χ0) is 31.1. The van der Waals surface area contributed by atoms with Crippen LogP contribution in [0, 0.1) is 5.92 Å². The molecule has 11 nitrogen and oxygen atoms in total. The lowest BCUT2D eigenvalue weighted by molar-refractivity contribution is -0.144. The number of fused-ring (bicyclic) bond motifs is 3. The first kappa shape index (κ1) is 31.6. The number of methoxy groups -OCH3 is 1. The van der Waals surface area contributed by atoms with Gasteiger partial charge in [0.1, 0.15) is 35.7 Å². The summed E-state index contributed by atoms with van der Waals surface area (Å²) in [6, 6.07) is 11.3. The molecule has 4 N–H and O–H groups in total. The smallest absolute Gasteiger partial charge is 0.247 e. The lowest BCUT2D eigenvalue weighted by Gasteiger charge is -2.33. The maximum absolute atomic E-state index is 14.1. The quantitative estimate of drug-likeness (QED) is 0.366. The minimum Gasteiger partial charge on any atom is -0.496 e. The van der Waals surface area contributed by atoms with E-state index in [2.05, 4.69) is 21.3 Å². The van der Waals surface area contributed by atoms with Crippen LogP contribution in [0.15, 0.2) is 54.7 Å². The predicted molar refractivity (Wildman–Crippen MR) is 162 cm³/mol. The van der Waals surface area contributed by atoms with Crippen molar-refractivity contribution < 1.29 is 28.7 Å². The Morgan fingerprint density at radius 3 is 2.51 bits per heavy atom. The van der Waals surface area contributed by atoms with Crippen LogP contribution in [-0.2, 0) is 25.6 Å². The van der Waals surface area contributed by atoms with E-state index in [1.165, 1.54) is 11.1 Å². The highest BCUT2D eigenvalue weighted by molar-refractivity contribution is 5.96. The summed E-state index contributed by atoms with van der Waals surface area (Å²) in [6.45, 7) is 5.62. The van der Waals surface area contributed by atoms with Gasteiger partial charge in [0.15, 0.2) is 0 Å². The lowest BCUT2D eigenvalue weighted by Crippen LogP contribution is -2.60. The number of amides is 4. The Balaban J connectivity index is 1.71. The van der Waals surface area contributed by atoms with Crippen LogP contribution in [0.5, 0.6) is 11.5 Å². The highest BCUT2D eigenvalue weighted by Crippen LogP contribution is 2.30. The van der Waals surface area contributed by atoms with Gasteiger partial charge in [0.2, 0.25) is 23.6 Å². The van der Waals surface area contributed by atoms with Crippen LogP contribution in [0.4, 0.5) is 0 Å². The topological polar surface area (TPSA) is 138 Å². The molecule has 2 aliphatic rings. The number of hydrogen-bond donors (Lipinski definition) is 4. The van der Waals surface area contributed by atoms with Gasteiger partial charge in [-0.1, -0.05) is 44.2 Å². The number of likely N-dealkylation sites (tertiary alicyclic amines) is 1. The molecule has 4 amide bonds. The van der Waals surface area contributed by atoms with Gasteiger partial charge in [-0.15, -0.1) is 0 Å². The highest BCUT2D eigenvalue weighted by atomic mass is 16.5. The number of hydrogen-bond acceptors (Lipinski definition) is 7. The highest BCUT2D eigenvalue weighted by Gasteiger charge is 2.46. The number of carbonyl (C=O) groups is 4. The molecule has 5 atom stereocenters. The lowest BCUT2D eigenvalue weighted by atomic mass is 10.0. The first-order chi connectivity index (χ1) is 20.6. The van der Waals surface area contributed by atoms with Crippen molar-refractivity contribution in [2.45, 2.75) is 63.9 Å². The van der Waals surface area contributed by atoms with Gasteiger partial charge in [0.25, 0.3) is 0 Å². The van der Waals surface area contributed by atoms with Crippen molar-refractivity contribution in [3.05, 3.63) is 65.9 Å². The summed E-state index contributed by atoms with van der Waals surface area (Å²) < 4.78 is 11.8. The monoisotopic (exact) mass is 591 g/mol. The van der Waals surface area contributed by atoms with Gasteiger partial charge in [-0.3, -0.25) is 19.2 Å². The molecule has 43 heavy (non-hydrogen) atoms. The van der Waals surface area contributed by atoms with Gasteiger partial charge in [0.05, 0.1) is 13.2 Å². The van der Waals surface area contributed by atoms with E-state index in [1.807, 2.05) is 44.2 Å². The molecule has 0 saturated carbocycles. The molecule has 0 spiro atoms. The van der Waals surface area contributed by atoms with E-state index in [4.69, 9.17) is 9.47 Å². The molecule has 1 fully saturated rings. The molecule has 0 unspecified atom stereocenters. The van der Waals surface area contributed by atoms with Crippen LogP contribution >= 0.6 is 0 Å². The normalized spacial score (nSPS) is 22.4. The molecule has 2 aliphatic heterocycles. The molecular weight excluding hydrogens is 550 g/mol. The molecule has 2 aromatic carbocycles. The third-order valence-electron chi connectivity index (χ3n) is 7.84. The van der Waals surface area contributed by atoms with Gasteiger partial charge in [-0.2, -0.15) is 0 Å². The zero-order valence-electron chi connectivity index (χ0n) is 25.3. The van der Waals surface area contributed by atoms with Crippen molar-refractivity contribution in [1.82, 2.24) is 26.2 Å². The molecular formula is C32H41N5O6. The van der Waals surface area contributed by atoms with Crippen molar-refractivity contribution in [2.75, 3.05) is 20.7 Å². The molecule has 2 heterocycles. The van der Waals surface area contributed by atoms with E-state index >= 15 is 0 Å². The van der Waals surface area contributed by atoms with Crippen LogP contribution < -0.4 is 30.7 Å². The number of carbonyl (C=O) groups excluding carboxylic acids is 4. The molecule has 11 heteroatoms. The number of ether oxygens (including phenoxy) is 2. The third-order valence-corrected chi connectivity index (χ3v) is 7.84. The van der Waals surface area contributed by atoms with Crippen LogP contribution in [0.25, 0.3) is 6.08 Å². The minimum atomic E-state index is -1.04. The van der Waals surface area contributed by atoms with Crippen molar-refractivity contribution in [2.24, 2.45) is 5.92 Å². The Hall–Kier alpha value is -4.38. The molecule has 4 rings (SSSR count). The summed E-state index contributed by atoms with van der Waals surface area (Å²) in [6.07, 6.45) is 3.12. The fraction of sp³-hybridized carbons (Fsp3) is 0.438. The summed E-state index contributed by atoms with van der Waals surface area (Å²) in [5.74, 6) is -0.812. The first-order valence-corrected chi connectivity index (χ1v) is 14.6. The maximum atomic E-state index is 14.1. The Morgan fingerprint density at radius 2 is 1.84 bits per heavy atom. The van der Waals surface area contributed by atoms with E-state index < -0.39 is 42.1 Å². The summed E-state index contributed by atoms with van der Waals surface area (Å²) in [5, 5.41) is 11.4. The molecule has 230 valence electrons. The van der Waals surface area contributed by atoms with Gasteiger partial charge >= 0.3 is 0 Å². The van der Waals surface area contributed by atoms with Crippen LogP contribution in [-0.4, -0.2) is 79.5 Å². The average molecular weight is 592 g/mol. The van der Waals surface area contributed by atoms with Crippen molar-refractivity contribution >= 4 is 29.7 Å². The maximum Gasteiger partial charge on any atom is 0.247 e. The third kappa shape index (κ3) is 7.53. The SMILES string of the molecule is CN[C@@H](C)C(=O)N[C@H](C(=O)N1CC[C@@H]2Oc3ccc(OC)c(c3)/C=C/NC(=O)[C@H](Cc3ccccc3)NC(=O)[C@H]21)C(C)C. The fourth-order valence-corrected chi connectivity index (χ4v) is 5.27. The van der Waals surface area contributed by atoms with E-state index in [9.17, 15) is 19.2 Å². The van der Waals surface area contributed by atoms with Gasteiger partial charge in [0, 0.05) is 31.1 Å². The van der Waals surface area contributed by atoms with Crippen molar-refractivity contribution in [1.29, 1.82) is 0 Å². The number of rotatable bonds is 8. The predicted octanol–water partition coefficient (Wildman–Crippen LogP) is 1.62. The Labute approximate surface area is 252 Å². The van der Waals surface area contributed by atoms with Crippen LogP contribution in [0.1, 0.15) is 38.3 Å². The number of likely N-dealkylation sites (N-methyl/N-ethyl adjacent to an activating group) is 1. The second-order valence-electron chi connectivity index (χ2n) is 11.2. The minimum absolute atomic E-state index is 0.237. The summed E-state index contributed by atoms with van der Waals surface area (Å²) in [7, 11) is 3.22. The zero-order valence-corrected chi connectivity index (χ0v) is 25.3. The van der Waals surface area contributed by atoms with E-state index in [-0.39, 0.29) is 30.7 Å². The van der Waals surface area contributed by atoms with Gasteiger partial charge < -0.3 is 35.6 Å². The number of benzene rings is 2. The van der Waals surface area contributed by atoms with Gasteiger partial charge in [-0.25, -0.2) is 0 Å². The van der Waals surface area contributed by atoms with E-state index in [1.54, 1.807) is 45.4 Å². The Bertz CT molecular complexity index is 1350. The van der Waals surface area contributed by atoms with Crippen molar-refractivity contribution in [3.8, 4) is 11.5 Å². The largest absolute Gasteiger partial charge is 0.496 e. The molecule has 2 aromatic rings. The fourth-order valence-electron chi connectivity index (χ4n) is 5.27. The van der Waals surface area contributed by atoms with Gasteiger partial charge in [-0.05, 0) is 49.7 Å². The van der Waals surface area contributed by atoms with E-state index in [0.29, 0.717) is 23.5 Å². The summed E-state index contributed by atoms with van der Waals surface area (Å²) in [5.41, 5.74) is 1.53. The standard InChI is InChI=1S/C32H41N5O6/c1-19(2)27(36-29(38)20(3)33-4)32(41)37-16-14-26-28(37)31(40)35-24(17-21-9-7-6-8-10-21)30(39)34-15-13-22-18-23(43-26)11-12-25(22)42-5/h6-13,15,18-20,24,26-28,33H,14,16-17H2,1-5H3,(H,34,39)(H,35,40)(H,36,38)/b15-13+/t20-,24-,26-,27-,28-/m0/s1. The first-order valence-electron chi connectivity index (χ1n) is 14.6. The number of nitrogens with zero attached hydrogens (tertiary/aromatic N) is 1. The van der Waals surface area contributed by atoms with Crippen LogP contribution in [0.2, 0.25) is 0 Å². The molecule has 0 radical (unpaired) electrons. The molecule has 0 aliphatic carbocycles. The average Bonchev–Trinajstić information content (AvgIpc) is 3.42. The Morgan fingerprint density at radius 1 is 1.09 bits per heavy atom. The summed E-state index contributed by atoms with van der Waals surface area (Å²) >= 11 is 0. The number of nitrogens with one attached hydrogen (secondary N) is 4. The van der Waals surface area contributed by atoms with E-state index in [0.717, 1.165) is 5.56 Å². The molecule has 2 bridgehead atoms. The Kier molecular flexibility index (Phi) is 10.4. The second-order valence-corrected chi connectivity index (χ2v) is 11.2. The molecule has 1 saturated heterocycles. The summed E-state index contributed by atoms with van der Waals surface area (Å²) in [4.78, 5) is 55.7. The van der Waals surface area contributed by atoms with Crippen molar-refractivity contribution in [3.63, 3.8) is 0 Å². The van der Waals surface area contributed by atoms with Crippen LogP contribution in [0.3, 0.4) is 0 Å².